The lowest BCUT2D eigenvalue weighted by Crippen LogP contribution is -2.58. The molecule has 4 aliphatic rings. The fourth-order valence-electron chi connectivity index (χ4n) is 8.00. The molecule has 47 heavy (non-hydrogen) atoms. The molecule has 1 aromatic heterocycles. The van der Waals surface area contributed by atoms with E-state index in [1.807, 2.05) is 32.9 Å². The van der Waals surface area contributed by atoms with Crippen LogP contribution >= 0.6 is 0 Å². The van der Waals surface area contributed by atoms with Crippen molar-refractivity contribution in [3.8, 4) is 11.6 Å². The predicted molar refractivity (Wildman–Crippen MR) is 174 cm³/mol. The minimum Gasteiger partial charge on any atom is -0.497 e. The predicted octanol–water partition coefficient (Wildman–Crippen LogP) is 5.69. The number of nitrogens with zero attached hydrogens (tertiary/aromatic N) is 3. The molecule has 3 fully saturated rings. The smallest absolute Gasteiger partial charge is 0.408 e. The van der Waals surface area contributed by atoms with Crippen LogP contribution in [0.15, 0.2) is 18.2 Å². The van der Waals surface area contributed by atoms with Crippen LogP contribution in [0.3, 0.4) is 0 Å². The highest BCUT2D eigenvalue weighted by Gasteiger charge is 2.55. The van der Waals surface area contributed by atoms with Gasteiger partial charge in [0.25, 0.3) is 0 Å². The van der Waals surface area contributed by atoms with Crippen molar-refractivity contribution in [2.75, 3.05) is 20.3 Å². The third kappa shape index (κ3) is 6.77. The van der Waals surface area contributed by atoms with Crippen LogP contribution in [0.1, 0.15) is 78.8 Å². The second kappa shape index (κ2) is 13.2. The Balaban J connectivity index is 1.40. The highest BCUT2D eigenvalue weighted by Crippen LogP contribution is 2.57. The van der Waals surface area contributed by atoms with Gasteiger partial charge < -0.3 is 24.4 Å². The van der Waals surface area contributed by atoms with Crippen LogP contribution in [-0.2, 0) is 20.7 Å². The summed E-state index contributed by atoms with van der Waals surface area (Å²) in [6.45, 7) is 8.16. The molecule has 6 rings (SSSR count). The van der Waals surface area contributed by atoms with E-state index in [9.17, 15) is 14.4 Å². The molecule has 8 atom stereocenters. The first-order chi connectivity index (χ1) is 22.4. The van der Waals surface area contributed by atoms with Crippen LogP contribution < -0.4 is 14.8 Å². The van der Waals surface area contributed by atoms with E-state index in [1.54, 1.807) is 27.0 Å². The molecule has 2 aliphatic carbocycles. The summed E-state index contributed by atoms with van der Waals surface area (Å²) < 4.78 is 33.0. The van der Waals surface area contributed by atoms with Crippen LogP contribution in [-0.4, -0.2) is 77.3 Å². The molecule has 1 saturated heterocycles. The normalized spacial score (nSPS) is 31.5. The topological polar surface area (TPSA) is 120 Å². The number of Topliss-reactive ketones (excluding diaryl/α,β-unsaturated/α-hetero) is 1. The summed E-state index contributed by atoms with van der Waals surface area (Å²) in [4.78, 5) is 52.7. The minimum absolute atomic E-state index is 0.0365. The summed E-state index contributed by atoms with van der Waals surface area (Å²) in [5, 5.41) is 2.87. The van der Waals surface area contributed by atoms with E-state index in [2.05, 4.69) is 5.32 Å². The second-order valence-electron chi connectivity index (χ2n) is 15.3. The third-order valence-electron chi connectivity index (χ3n) is 10.7. The first-order valence-electron chi connectivity index (χ1n) is 17.3. The van der Waals surface area contributed by atoms with Crippen molar-refractivity contribution in [2.24, 2.45) is 35.0 Å². The molecular formula is C36H49FN4O6. The fourth-order valence-corrected chi connectivity index (χ4v) is 8.00. The number of amides is 2. The Hall–Kier alpha value is -3.50. The van der Waals surface area contributed by atoms with Crippen molar-refractivity contribution in [2.45, 2.75) is 104 Å². The number of halogens is 1. The number of ether oxygens (including phenoxy) is 3. The number of rotatable bonds is 4. The van der Waals surface area contributed by atoms with Crippen LogP contribution in [0, 0.1) is 35.0 Å². The van der Waals surface area contributed by atoms with E-state index in [1.165, 1.54) is 11.3 Å². The van der Waals surface area contributed by atoms with Crippen LogP contribution in [0.5, 0.6) is 11.6 Å². The van der Waals surface area contributed by atoms with Gasteiger partial charge in [-0.3, -0.25) is 14.0 Å². The monoisotopic (exact) mass is 652 g/mol. The Morgan fingerprint density at radius 3 is 2.55 bits per heavy atom. The molecule has 1 aromatic carbocycles. The molecule has 2 bridgehead atoms. The summed E-state index contributed by atoms with van der Waals surface area (Å²) in [5.41, 5.74) is 1.22. The number of fused-ring (bicyclic) bond motifs is 7. The standard InChI is InChI=1S/C36H49FN4O6/c1-19(2)31(42)30-24(17-37)29-18-41(30)34(43)32(36(3,4)5)40-35(44)47-28-15-20-14-23(20)22(28)10-8-7-9-11-26-33(46-29)39-27-16-21(45-6)12-13-25(27)38-26/h12-13,16,19-20,22-24,28-30,32H,7-11,14-15,17-18H2,1-6H3,(H,40,44). The van der Waals surface area contributed by atoms with E-state index in [0.29, 0.717) is 46.7 Å². The first kappa shape index (κ1) is 33.4. The lowest BCUT2D eigenvalue weighted by molar-refractivity contribution is -0.143. The van der Waals surface area contributed by atoms with Gasteiger partial charge in [-0.25, -0.2) is 14.8 Å². The van der Waals surface area contributed by atoms with Gasteiger partial charge in [0.2, 0.25) is 11.8 Å². The number of alkyl carbamates (subject to hydrolysis) is 1. The van der Waals surface area contributed by atoms with Gasteiger partial charge in [0.15, 0.2) is 5.78 Å². The quantitative estimate of drug-likeness (QED) is 0.448. The number of nitrogens with one attached hydrogen (secondary N) is 1. The summed E-state index contributed by atoms with van der Waals surface area (Å²) in [6, 6.07) is 3.40. The summed E-state index contributed by atoms with van der Waals surface area (Å²) >= 11 is 0. The largest absolute Gasteiger partial charge is 0.497 e. The number of benzene rings is 1. The van der Waals surface area contributed by atoms with Crippen molar-refractivity contribution < 1.29 is 33.0 Å². The molecule has 256 valence electrons. The average molecular weight is 653 g/mol. The maximum absolute atomic E-state index is 15.1. The van der Waals surface area contributed by atoms with Gasteiger partial charge in [-0.05, 0) is 67.4 Å². The zero-order valence-electron chi connectivity index (χ0n) is 28.5. The number of aromatic nitrogens is 2. The highest BCUT2D eigenvalue weighted by atomic mass is 19.1. The highest BCUT2D eigenvalue weighted by molar-refractivity contribution is 5.94. The van der Waals surface area contributed by atoms with Crippen molar-refractivity contribution in [3.05, 3.63) is 23.9 Å². The lowest BCUT2D eigenvalue weighted by atomic mass is 9.85. The maximum atomic E-state index is 15.1. The van der Waals surface area contributed by atoms with E-state index < -0.39 is 54.1 Å². The first-order valence-corrected chi connectivity index (χ1v) is 17.3. The zero-order chi connectivity index (χ0) is 33.6. The van der Waals surface area contributed by atoms with E-state index in [-0.39, 0.29) is 24.3 Å². The molecule has 2 saturated carbocycles. The number of aryl methyl sites for hydroxylation is 1. The molecule has 0 radical (unpaired) electrons. The van der Waals surface area contributed by atoms with Crippen LogP contribution in [0.2, 0.25) is 0 Å². The number of methoxy groups -OCH3 is 1. The maximum Gasteiger partial charge on any atom is 0.408 e. The number of ketones is 1. The fraction of sp³-hybridized carbons (Fsp3) is 0.694. The summed E-state index contributed by atoms with van der Waals surface area (Å²) in [5.74, 6) is 0.303. The third-order valence-corrected chi connectivity index (χ3v) is 10.7. The molecule has 3 heterocycles. The SMILES string of the molecule is COc1ccc2nc3c(nc2c1)OC1CN(C(=O)C(C(C)(C)C)NC(=O)OC2CC4CC4C2CCCCC3)C(C(=O)C(C)C)C1CF. The van der Waals surface area contributed by atoms with Crippen molar-refractivity contribution in [1.82, 2.24) is 20.2 Å². The lowest BCUT2D eigenvalue weighted by Gasteiger charge is -2.36. The average Bonchev–Trinajstić information content (AvgIpc) is 3.57. The molecular weight excluding hydrogens is 603 g/mol. The molecule has 2 aromatic rings. The second-order valence-corrected chi connectivity index (χ2v) is 15.3. The van der Waals surface area contributed by atoms with Crippen molar-refractivity contribution >= 4 is 28.8 Å². The molecule has 8 unspecified atom stereocenters. The van der Waals surface area contributed by atoms with Crippen molar-refractivity contribution in [3.63, 3.8) is 0 Å². The number of hydrogen-bond acceptors (Lipinski definition) is 8. The van der Waals surface area contributed by atoms with Gasteiger partial charge >= 0.3 is 6.09 Å². The van der Waals surface area contributed by atoms with E-state index in [0.717, 1.165) is 32.1 Å². The number of carbonyl (C=O) groups excluding carboxylic acids is 3. The Bertz CT molecular complexity index is 1510. The summed E-state index contributed by atoms with van der Waals surface area (Å²) in [6.07, 6.45) is 4.77. The van der Waals surface area contributed by atoms with Crippen LogP contribution in [0.4, 0.5) is 9.18 Å². The van der Waals surface area contributed by atoms with Gasteiger partial charge in [-0.15, -0.1) is 0 Å². The van der Waals surface area contributed by atoms with E-state index >= 15 is 4.39 Å². The number of alkyl halides is 1. The molecule has 2 aliphatic heterocycles. The Labute approximate surface area is 276 Å². The minimum atomic E-state index is -1.06. The van der Waals surface area contributed by atoms with Gasteiger partial charge in [0, 0.05) is 12.0 Å². The summed E-state index contributed by atoms with van der Waals surface area (Å²) in [7, 11) is 1.58. The van der Waals surface area contributed by atoms with Gasteiger partial charge in [-0.1, -0.05) is 47.5 Å². The van der Waals surface area contributed by atoms with Crippen molar-refractivity contribution in [1.29, 1.82) is 0 Å². The van der Waals surface area contributed by atoms with Gasteiger partial charge in [0.1, 0.15) is 29.7 Å². The molecule has 0 spiro atoms. The Morgan fingerprint density at radius 2 is 1.85 bits per heavy atom. The van der Waals surface area contributed by atoms with E-state index in [4.69, 9.17) is 24.2 Å². The molecule has 10 nitrogen and oxygen atoms in total. The van der Waals surface area contributed by atoms with Gasteiger partial charge in [-0.2, -0.15) is 0 Å². The molecule has 1 N–H and O–H groups in total. The van der Waals surface area contributed by atoms with Gasteiger partial charge in [0.05, 0.1) is 43.3 Å². The molecule has 2 amide bonds. The Morgan fingerprint density at radius 1 is 1.06 bits per heavy atom. The molecule has 11 heteroatoms. The Kier molecular flexibility index (Phi) is 9.37. The number of hydrogen-bond donors (Lipinski definition) is 1. The zero-order valence-corrected chi connectivity index (χ0v) is 28.5. The number of carbonyl (C=O) groups is 3. The van der Waals surface area contributed by atoms with Crippen LogP contribution in [0.25, 0.3) is 11.0 Å².